The van der Waals surface area contributed by atoms with E-state index in [0.29, 0.717) is 23.2 Å². The van der Waals surface area contributed by atoms with Crippen LogP contribution in [-0.4, -0.2) is 49.9 Å². The van der Waals surface area contributed by atoms with Gasteiger partial charge in [-0.25, -0.2) is 4.98 Å². The molecule has 2 aromatic heterocycles. The van der Waals surface area contributed by atoms with Crippen LogP contribution in [0.3, 0.4) is 0 Å². The lowest BCUT2D eigenvalue weighted by Crippen LogP contribution is -2.45. The van der Waals surface area contributed by atoms with Crippen molar-refractivity contribution in [3.63, 3.8) is 0 Å². The normalized spacial score (nSPS) is 17.6. The molecule has 4 rings (SSSR count). The van der Waals surface area contributed by atoms with Crippen LogP contribution >= 0.6 is 0 Å². The van der Waals surface area contributed by atoms with Crippen molar-refractivity contribution < 1.29 is 5.11 Å². The van der Waals surface area contributed by atoms with Gasteiger partial charge in [-0.2, -0.15) is 0 Å². The third-order valence-corrected chi connectivity index (χ3v) is 4.65. The lowest BCUT2D eigenvalue weighted by atomic mass is 10.1. The Morgan fingerprint density at radius 3 is 2.78 bits per heavy atom. The highest BCUT2D eigenvalue weighted by atomic mass is 16.3. The van der Waals surface area contributed by atoms with E-state index in [1.54, 1.807) is 18.5 Å². The number of fused-ring (bicyclic) bond motifs is 1. The van der Waals surface area contributed by atoms with Crippen molar-refractivity contribution in [1.82, 2.24) is 25.5 Å². The largest absolute Gasteiger partial charge is 0.507 e. The van der Waals surface area contributed by atoms with E-state index in [4.69, 9.17) is 0 Å². The summed E-state index contributed by atoms with van der Waals surface area (Å²) in [6.45, 7) is 8.29. The van der Waals surface area contributed by atoms with Crippen molar-refractivity contribution in [2.24, 2.45) is 0 Å². The highest BCUT2D eigenvalue weighted by Gasteiger charge is 2.27. The molecule has 1 saturated heterocycles. The van der Waals surface area contributed by atoms with Gasteiger partial charge in [0.1, 0.15) is 11.4 Å². The third-order valence-electron chi connectivity index (χ3n) is 4.65. The Morgan fingerprint density at radius 2 is 2.04 bits per heavy atom. The first-order chi connectivity index (χ1) is 12.9. The number of hydrogen-bond acceptors (Lipinski definition) is 7. The Morgan fingerprint density at radius 1 is 1.19 bits per heavy atom. The molecule has 0 saturated carbocycles. The quantitative estimate of drug-likeness (QED) is 0.739. The molecule has 0 radical (unpaired) electrons. The van der Waals surface area contributed by atoms with E-state index >= 15 is 0 Å². The maximum absolute atomic E-state index is 10.3. The monoisotopic (exact) mass is 364 g/mol. The van der Waals surface area contributed by atoms with Crippen molar-refractivity contribution in [3.05, 3.63) is 36.7 Å². The predicted molar refractivity (Wildman–Crippen MR) is 106 cm³/mol. The fourth-order valence-corrected chi connectivity index (χ4v) is 3.52. The smallest absolute Gasteiger partial charge is 0.245 e. The van der Waals surface area contributed by atoms with Gasteiger partial charge in [0.25, 0.3) is 0 Å². The average molecular weight is 364 g/mol. The highest BCUT2D eigenvalue weighted by molar-refractivity contribution is 5.86. The Balaban J connectivity index is 1.54. The van der Waals surface area contributed by atoms with E-state index in [0.717, 1.165) is 30.4 Å². The molecule has 1 unspecified atom stereocenters. The molecule has 1 fully saturated rings. The zero-order chi connectivity index (χ0) is 19.0. The number of hydrogen-bond donors (Lipinski definition) is 2. The SMILES string of the molecule is CC(C)(C)NC1CCN(c2ncc(-c3cc4ncccc4cc3O)nn2)C1. The molecule has 7 nitrogen and oxygen atoms in total. The van der Waals surface area contributed by atoms with Gasteiger partial charge in [-0.3, -0.25) is 4.98 Å². The van der Waals surface area contributed by atoms with E-state index in [-0.39, 0.29) is 11.3 Å². The van der Waals surface area contributed by atoms with Crippen LogP contribution in [0.2, 0.25) is 0 Å². The molecule has 0 amide bonds. The van der Waals surface area contributed by atoms with Gasteiger partial charge in [0, 0.05) is 41.8 Å². The zero-order valence-corrected chi connectivity index (χ0v) is 15.8. The van der Waals surface area contributed by atoms with Gasteiger partial charge in [0.2, 0.25) is 5.95 Å². The van der Waals surface area contributed by atoms with Crippen LogP contribution in [0.5, 0.6) is 5.75 Å². The van der Waals surface area contributed by atoms with Crippen LogP contribution in [0, 0.1) is 0 Å². The minimum absolute atomic E-state index is 0.0886. The maximum Gasteiger partial charge on any atom is 0.245 e. The maximum atomic E-state index is 10.3. The molecule has 27 heavy (non-hydrogen) atoms. The molecule has 1 aromatic carbocycles. The lowest BCUT2D eigenvalue weighted by Gasteiger charge is -2.25. The molecule has 0 bridgehead atoms. The van der Waals surface area contributed by atoms with Gasteiger partial charge in [-0.1, -0.05) is 6.07 Å². The summed E-state index contributed by atoms with van der Waals surface area (Å²) < 4.78 is 0. The van der Waals surface area contributed by atoms with E-state index < -0.39 is 0 Å². The van der Waals surface area contributed by atoms with Crippen molar-refractivity contribution in [3.8, 4) is 17.0 Å². The molecule has 1 aliphatic rings. The second-order valence-electron chi connectivity index (χ2n) is 8.03. The molecular formula is C20H24N6O. The first kappa shape index (κ1) is 17.6. The highest BCUT2D eigenvalue weighted by Crippen LogP contribution is 2.31. The van der Waals surface area contributed by atoms with Crippen molar-refractivity contribution in [2.75, 3.05) is 18.0 Å². The number of benzene rings is 1. The number of nitrogens with one attached hydrogen (secondary N) is 1. The van der Waals surface area contributed by atoms with Gasteiger partial charge in [-0.05, 0) is 45.4 Å². The lowest BCUT2D eigenvalue weighted by molar-refractivity contribution is 0.373. The fraction of sp³-hybridized carbons (Fsp3) is 0.400. The van der Waals surface area contributed by atoms with Crippen molar-refractivity contribution >= 4 is 16.9 Å². The van der Waals surface area contributed by atoms with Gasteiger partial charge in [0.15, 0.2) is 0 Å². The molecule has 1 aliphatic heterocycles. The standard InChI is InChI=1S/C20H24N6O/c1-20(2,3)23-14-6-8-26(12-14)19-22-11-17(24-25-19)15-10-16-13(9-18(15)27)5-4-7-21-16/h4-5,7,9-11,14,23,27H,6,8,12H2,1-3H3. The zero-order valence-electron chi connectivity index (χ0n) is 15.8. The number of phenolic OH excluding ortho intramolecular Hbond substituents is 1. The third kappa shape index (κ3) is 3.83. The van der Waals surface area contributed by atoms with Crippen LogP contribution < -0.4 is 10.2 Å². The molecule has 0 spiro atoms. The molecular weight excluding hydrogens is 340 g/mol. The number of aromatic nitrogens is 4. The van der Waals surface area contributed by atoms with Crippen molar-refractivity contribution in [1.29, 1.82) is 0 Å². The number of phenols is 1. The Bertz CT molecular complexity index is 951. The summed E-state index contributed by atoms with van der Waals surface area (Å²) in [6.07, 6.45) is 4.45. The number of nitrogens with zero attached hydrogens (tertiary/aromatic N) is 5. The summed E-state index contributed by atoms with van der Waals surface area (Å²) in [5.74, 6) is 0.769. The number of pyridine rings is 1. The Labute approximate surface area is 158 Å². The van der Waals surface area contributed by atoms with Gasteiger partial charge in [0.05, 0.1) is 11.7 Å². The minimum atomic E-state index is 0.0886. The van der Waals surface area contributed by atoms with Crippen LogP contribution in [0.25, 0.3) is 22.2 Å². The Hall–Kier alpha value is -2.80. The second-order valence-corrected chi connectivity index (χ2v) is 8.03. The van der Waals surface area contributed by atoms with Crippen molar-refractivity contribution in [2.45, 2.75) is 38.8 Å². The van der Waals surface area contributed by atoms with Gasteiger partial charge in [-0.15, -0.1) is 10.2 Å². The number of anilines is 1. The van der Waals surface area contributed by atoms with E-state index in [2.05, 4.69) is 51.2 Å². The summed E-state index contributed by atoms with van der Waals surface area (Å²) in [6, 6.07) is 7.68. The van der Waals surface area contributed by atoms with E-state index in [9.17, 15) is 5.11 Å². The van der Waals surface area contributed by atoms with Crippen LogP contribution in [0.4, 0.5) is 5.95 Å². The molecule has 0 aliphatic carbocycles. The number of aromatic hydroxyl groups is 1. The molecule has 3 aromatic rings. The summed E-state index contributed by atoms with van der Waals surface area (Å²) in [5, 5.41) is 23.4. The topological polar surface area (TPSA) is 87.1 Å². The number of rotatable bonds is 3. The molecule has 2 N–H and O–H groups in total. The average Bonchev–Trinajstić information content (AvgIpc) is 3.08. The summed E-state index contributed by atoms with van der Waals surface area (Å²) in [4.78, 5) is 11.0. The van der Waals surface area contributed by atoms with Crippen LogP contribution in [0.1, 0.15) is 27.2 Å². The molecule has 7 heteroatoms. The van der Waals surface area contributed by atoms with Crippen LogP contribution in [0.15, 0.2) is 36.7 Å². The molecule has 3 heterocycles. The minimum Gasteiger partial charge on any atom is -0.507 e. The van der Waals surface area contributed by atoms with E-state index in [1.807, 2.05) is 18.2 Å². The molecule has 1 atom stereocenters. The predicted octanol–water partition coefficient (Wildman–Crippen LogP) is 2.76. The first-order valence-corrected chi connectivity index (χ1v) is 9.19. The molecule has 140 valence electrons. The summed E-state index contributed by atoms with van der Waals surface area (Å²) in [5.41, 5.74) is 2.01. The van der Waals surface area contributed by atoms with E-state index in [1.165, 1.54) is 0 Å². The first-order valence-electron chi connectivity index (χ1n) is 9.19. The second kappa shape index (κ2) is 6.74. The summed E-state index contributed by atoms with van der Waals surface area (Å²) in [7, 11) is 0. The van der Waals surface area contributed by atoms with Crippen LogP contribution in [-0.2, 0) is 0 Å². The van der Waals surface area contributed by atoms with Gasteiger partial charge >= 0.3 is 0 Å². The Kier molecular flexibility index (Phi) is 4.39. The van der Waals surface area contributed by atoms with Gasteiger partial charge < -0.3 is 15.3 Å². The summed E-state index contributed by atoms with van der Waals surface area (Å²) >= 11 is 0. The fourth-order valence-electron chi connectivity index (χ4n) is 3.52.